The average Bonchev–Trinajstić information content (AvgIpc) is 2.24. The Balaban J connectivity index is 1.58. The normalized spacial score (nSPS) is 52.6. The molecule has 2 nitrogen and oxygen atoms in total. The molecule has 1 saturated heterocycles. The lowest BCUT2D eigenvalue weighted by Gasteiger charge is -2.63. The van der Waals surface area contributed by atoms with Gasteiger partial charge in [-0.2, -0.15) is 0 Å². The maximum atomic E-state index is 3.79. The zero-order chi connectivity index (χ0) is 13.3. The smallest absolute Gasteiger partial charge is 0.0492 e. The van der Waals surface area contributed by atoms with Crippen molar-refractivity contribution in [3.8, 4) is 0 Å². The van der Waals surface area contributed by atoms with Crippen LogP contribution in [0, 0.1) is 17.8 Å². The fourth-order valence-electron chi connectivity index (χ4n) is 6.43. The maximum absolute atomic E-state index is 3.79. The minimum absolute atomic E-state index is 0.332. The molecule has 4 aliphatic carbocycles. The topological polar surface area (TPSA) is 15.3 Å². The number of hydrogen-bond acceptors (Lipinski definition) is 2. The molecule has 1 N–H and O–H groups in total. The first-order chi connectivity index (χ1) is 8.96. The van der Waals surface area contributed by atoms with Crippen LogP contribution in [-0.4, -0.2) is 28.7 Å². The molecule has 108 valence electrons. The van der Waals surface area contributed by atoms with Gasteiger partial charge in [-0.25, -0.2) is 0 Å². The molecule has 1 aliphatic heterocycles. The molecule has 1 unspecified atom stereocenters. The summed E-state index contributed by atoms with van der Waals surface area (Å²) in [5.41, 5.74) is 0.913. The lowest BCUT2D eigenvalue weighted by molar-refractivity contribution is -0.121. The lowest BCUT2D eigenvalue weighted by Crippen LogP contribution is -2.68. The van der Waals surface area contributed by atoms with Crippen LogP contribution in [0.2, 0.25) is 0 Å². The quantitative estimate of drug-likeness (QED) is 0.779. The van der Waals surface area contributed by atoms with E-state index in [1.165, 1.54) is 25.7 Å². The Kier molecular flexibility index (Phi) is 2.65. The summed E-state index contributed by atoms with van der Waals surface area (Å²) >= 11 is 0. The molecular weight excluding hydrogens is 232 g/mol. The van der Waals surface area contributed by atoms with Crippen LogP contribution >= 0.6 is 0 Å². The number of hydrogen-bond donors (Lipinski definition) is 1. The average molecular weight is 262 g/mol. The SMILES string of the molecule is CC1CC(C)(C)NCN1C12CC3CC(CC(C3)C1)C2. The molecule has 1 heterocycles. The summed E-state index contributed by atoms with van der Waals surface area (Å²) in [5, 5.41) is 3.79. The molecule has 5 rings (SSSR count). The van der Waals surface area contributed by atoms with Crippen molar-refractivity contribution in [3.05, 3.63) is 0 Å². The van der Waals surface area contributed by atoms with Crippen molar-refractivity contribution in [2.75, 3.05) is 6.67 Å². The minimum atomic E-state index is 0.332. The van der Waals surface area contributed by atoms with E-state index in [0.717, 1.165) is 30.5 Å². The maximum Gasteiger partial charge on any atom is 0.0492 e. The Morgan fingerprint density at radius 3 is 1.89 bits per heavy atom. The summed E-state index contributed by atoms with van der Waals surface area (Å²) in [6, 6.07) is 0.757. The summed E-state index contributed by atoms with van der Waals surface area (Å²) in [6.07, 6.45) is 10.5. The Morgan fingerprint density at radius 1 is 0.895 bits per heavy atom. The van der Waals surface area contributed by atoms with Crippen LogP contribution in [-0.2, 0) is 0 Å². The van der Waals surface area contributed by atoms with Crippen LogP contribution in [0.15, 0.2) is 0 Å². The van der Waals surface area contributed by atoms with E-state index in [0.29, 0.717) is 11.1 Å². The molecule has 0 aromatic carbocycles. The molecule has 0 aromatic heterocycles. The molecule has 2 heteroatoms. The molecule has 0 spiro atoms. The van der Waals surface area contributed by atoms with Crippen molar-refractivity contribution in [3.63, 3.8) is 0 Å². The Labute approximate surface area is 118 Å². The van der Waals surface area contributed by atoms with Crippen molar-refractivity contribution in [2.45, 2.75) is 82.8 Å². The highest BCUT2D eigenvalue weighted by Gasteiger charge is 2.55. The van der Waals surface area contributed by atoms with E-state index < -0.39 is 0 Å². The van der Waals surface area contributed by atoms with Gasteiger partial charge in [-0.3, -0.25) is 10.2 Å². The third-order valence-corrected chi connectivity index (χ3v) is 6.68. The van der Waals surface area contributed by atoms with Crippen LogP contribution in [0.3, 0.4) is 0 Å². The zero-order valence-corrected chi connectivity index (χ0v) is 12.9. The molecule has 0 aromatic rings. The molecule has 19 heavy (non-hydrogen) atoms. The van der Waals surface area contributed by atoms with Gasteiger partial charge < -0.3 is 0 Å². The summed E-state index contributed by atoms with van der Waals surface area (Å²) in [4.78, 5) is 2.88. The number of rotatable bonds is 1. The van der Waals surface area contributed by atoms with Crippen LogP contribution in [0.25, 0.3) is 0 Å². The minimum Gasteiger partial charge on any atom is -0.299 e. The van der Waals surface area contributed by atoms with Gasteiger partial charge in [0.05, 0.1) is 0 Å². The van der Waals surface area contributed by atoms with Crippen molar-refractivity contribution in [1.29, 1.82) is 0 Å². The molecular formula is C17H30N2. The molecule has 4 saturated carbocycles. The van der Waals surface area contributed by atoms with E-state index in [2.05, 4.69) is 31.0 Å². The molecule has 0 amide bonds. The van der Waals surface area contributed by atoms with E-state index >= 15 is 0 Å². The van der Waals surface area contributed by atoms with Gasteiger partial charge in [0.2, 0.25) is 0 Å². The summed E-state index contributed by atoms with van der Waals surface area (Å²) in [5.74, 6) is 3.19. The van der Waals surface area contributed by atoms with Gasteiger partial charge in [0.15, 0.2) is 0 Å². The van der Waals surface area contributed by atoms with Crippen LogP contribution in [0.5, 0.6) is 0 Å². The summed E-state index contributed by atoms with van der Waals surface area (Å²) < 4.78 is 0. The number of nitrogens with one attached hydrogen (secondary N) is 1. The largest absolute Gasteiger partial charge is 0.299 e. The van der Waals surface area contributed by atoms with E-state index in [1.807, 2.05) is 0 Å². The summed E-state index contributed by atoms with van der Waals surface area (Å²) in [7, 11) is 0. The highest BCUT2D eigenvalue weighted by molar-refractivity contribution is 5.09. The van der Waals surface area contributed by atoms with Gasteiger partial charge in [0.1, 0.15) is 0 Å². The molecule has 0 radical (unpaired) electrons. The van der Waals surface area contributed by atoms with Crippen molar-refractivity contribution < 1.29 is 0 Å². The first-order valence-corrected chi connectivity index (χ1v) is 8.48. The highest BCUT2D eigenvalue weighted by Crippen LogP contribution is 2.58. The Morgan fingerprint density at radius 2 is 1.42 bits per heavy atom. The van der Waals surface area contributed by atoms with Crippen molar-refractivity contribution in [2.24, 2.45) is 17.8 Å². The number of nitrogens with zero attached hydrogens (tertiary/aromatic N) is 1. The predicted octanol–water partition coefficient (Wildman–Crippen LogP) is 3.38. The van der Waals surface area contributed by atoms with Crippen LogP contribution < -0.4 is 5.32 Å². The standard InChI is InChI=1S/C17H30N2/c1-12-7-16(2,3)18-11-19(12)17-8-13-4-14(9-17)6-15(5-13)10-17/h12-15,18H,4-11H2,1-3H3. The third kappa shape index (κ3) is 1.98. The van der Waals surface area contributed by atoms with E-state index in [9.17, 15) is 0 Å². The Bertz CT molecular complexity index is 338. The molecule has 1 atom stereocenters. The van der Waals surface area contributed by atoms with Crippen LogP contribution in [0.1, 0.15) is 65.7 Å². The van der Waals surface area contributed by atoms with Crippen molar-refractivity contribution in [1.82, 2.24) is 10.2 Å². The highest BCUT2D eigenvalue weighted by atomic mass is 15.3. The predicted molar refractivity (Wildman–Crippen MR) is 78.9 cm³/mol. The summed E-state index contributed by atoms with van der Waals surface area (Å²) in [6.45, 7) is 8.32. The molecule has 4 bridgehead atoms. The second-order valence-corrected chi connectivity index (χ2v) is 8.88. The van der Waals surface area contributed by atoms with E-state index in [1.54, 1.807) is 19.3 Å². The fourth-order valence-corrected chi connectivity index (χ4v) is 6.43. The van der Waals surface area contributed by atoms with Gasteiger partial charge >= 0.3 is 0 Å². The third-order valence-electron chi connectivity index (χ3n) is 6.68. The van der Waals surface area contributed by atoms with Gasteiger partial charge in [-0.05, 0) is 83.5 Å². The molecule has 5 aliphatic rings. The van der Waals surface area contributed by atoms with Gasteiger partial charge in [-0.15, -0.1) is 0 Å². The van der Waals surface area contributed by atoms with Gasteiger partial charge in [0.25, 0.3) is 0 Å². The van der Waals surface area contributed by atoms with E-state index in [-0.39, 0.29) is 0 Å². The second-order valence-electron chi connectivity index (χ2n) is 8.88. The zero-order valence-electron chi connectivity index (χ0n) is 12.9. The first kappa shape index (κ1) is 12.6. The Hall–Kier alpha value is -0.0800. The van der Waals surface area contributed by atoms with Gasteiger partial charge in [-0.1, -0.05) is 0 Å². The second kappa shape index (κ2) is 3.98. The monoisotopic (exact) mass is 262 g/mol. The van der Waals surface area contributed by atoms with E-state index in [4.69, 9.17) is 0 Å². The van der Waals surface area contributed by atoms with Crippen molar-refractivity contribution >= 4 is 0 Å². The molecule has 5 fully saturated rings. The van der Waals surface area contributed by atoms with Gasteiger partial charge in [0, 0.05) is 23.8 Å². The van der Waals surface area contributed by atoms with Crippen LogP contribution in [0.4, 0.5) is 0 Å². The fraction of sp³-hybridized carbons (Fsp3) is 1.00. The lowest BCUT2D eigenvalue weighted by atomic mass is 9.52. The first-order valence-electron chi connectivity index (χ1n) is 8.48.